The summed E-state index contributed by atoms with van der Waals surface area (Å²) in [4.78, 5) is 66.1. The van der Waals surface area contributed by atoms with E-state index in [0.29, 0.717) is 18.7 Å². The Morgan fingerprint density at radius 3 is 2.49 bits per heavy atom. The van der Waals surface area contributed by atoms with E-state index in [9.17, 15) is 37.1 Å². The van der Waals surface area contributed by atoms with E-state index in [2.05, 4.69) is 39.9 Å². The number of rotatable bonds is 6. The lowest BCUT2D eigenvalue weighted by Crippen LogP contribution is -2.54. The minimum Gasteiger partial charge on any atom is -0.369 e. The fraction of sp³-hybridized carbons (Fsp3) is 0.286. The SMILES string of the molecule is C=C=Cc1cc(C(F)(F)F)ccc1NC(=O)C(C)(C)n1cc(C#CC2CN(c3ccc4c(c3)C(=O)N(C3CCC(=O)NC3=O)C4=O)C2)cn1. The van der Waals surface area contributed by atoms with Gasteiger partial charge in [-0.2, -0.15) is 18.3 Å². The third-order valence-electron chi connectivity index (χ3n) is 8.69. The summed E-state index contributed by atoms with van der Waals surface area (Å²) < 4.78 is 41.0. The predicted molar refractivity (Wildman–Crippen MR) is 171 cm³/mol. The normalized spacial score (nSPS) is 17.9. The minimum absolute atomic E-state index is 0.0128. The van der Waals surface area contributed by atoms with Crippen LogP contribution in [0.4, 0.5) is 24.5 Å². The number of nitrogens with zero attached hydrogens (tertiary/aromatic N) is 4. The fourth-order valence-corrected chi connectivity index (χ4v) is 5.78. The molecule has 2 N–H and O–H groups in total. The lowest BCUT2D eigenvalue weighted by atomic mass is 9.98. The van der Waals surface area contributed by atoms with Crippen LogP contribution in [0.1, 0.15) is 64.1 Å². The maximum absolute atomic E-state index is 13.3. The van der Waals surface area contributed by atoms with Gasteiger partial charge in [-0.25, -0.2) is 0 Å². The number of benzene rings is 2. The van der Waals surface area contributed by atoms with Crippen molar-refractivity contribution in [1.29, 1.82) is 0 Å². The van der Waals surface area contributed by atoms with Gasteiger partial charge in [0.05, 0.1) is 34.4 Å². The zero-order chi connectivity index (χ0) is 35.2. The van der Waals surface area contributed by atoms with Gasteiger partial charge in [-0.15, -0.1) is 5.73 Å². The van der Waals surface area contributed by atoms with Crippen LogP contribution in [0.5, 0.6) is 0 Å². The third kappa shape index (κ3) is 6.24. The first-order chi connectivity index (χ1) is 23.2. The van der Waals surface area contributed by atoms with Crippen LogP contribution in [-0.4, -0.2) is 63.3 Å². The van der Waals surface area contributed by atoms with Crippen LogP contribution in [0.2, 0.25) is 0 Å². The van der Waals surface area contributed by atoms with Gasteiger partial charge < -0.3 is 10.2 Å². The molecule has 0 saturated carbocycles. The first-order valence-electron chi connectivity index (χ1n) is 15.2. The van der Waals surface area contributed by atoms with Crippen LogP contribution in [0.3, 0.4) is 0 Å². The second-order valence-electron chi connectivity index (χ2n) is 12.4. The monoisotopic (exact) mass is 670 g/mol. The first kappa shape index (κ1) is 33.0. The molecular weight excluding hydrogens is 641 g/mol. The first-order valence-corrected chi connectivity index (χ1v) is 15.2. The molecule has 0 spiro atoms. The molecule has 49 heavy (non-hydrogen) atoms. The van der Waals surface area contributed by atoms with Crippen LogP contribution >= 0.6 is 0 Å². The second kappa shape index (κ2) is 12.3. The minimum atomic E-state index is -4.55. The maximum Gasteiger partial charge on any atom is 0.416 e. The number of imide groups is 2. The smallest absolute Gasteiger partial charge is 0.369 e. The van der Waals surface area contributed by atoms with Crippen molar-refractivity contribution < 1.29 is 37.1 Å². The molecule has 3 aliphatic heterocycles. The number of fused-ring (bicyclic) bond motifs is 1. The van der Waals surface area contributed by atoms with Gasteiger partial charge in [0, 0.05) is 42.6 Å². The van der Waals surface area contributed by atoms with Crippen LogP contribution in [-0.2, 0) is 26.1 Å². The summed E-state index contributed by atoms with van der Waals surface area (Å²) in [5.74, 6) is 3.47. The molecule has 0 bridgehead atoms. The molecule has 5 amide bonds. The van der Waals surface area contributed by atoms with Gasteiger partial charge in [0.15, 0.2) is 0 Å². The van der Waals surface area contributed by atoms with E-state index in [0.717, 1.165) is 22.7 Å². The Hall–Kier alpha value is -5.93. The van der Waals surface area contributed by atoms with Gasteiger partial charge in [-0.1, -0.05) is 18.4 Å². The van der Waals surface area contributed by atoms with Gasteiger partial charge in [0.1, 0.15) is 11.6 Å². The Bertz CT molecular complexity index is 2040. The van der Waals surface area contributed by atoms with Crippen molar-refractivity contribution in [3.63, 3.8) is 0 Å². The standard InChI is InChI=1S/C35H29F3N6O5/c1-4-5-22-14-23(35(36,37)38)8-11-27(22)40-33(49)34(2,3)43-19-20(16-39-43)6-7-21-17-42(18-21)24-9-10-25-26(15-24)32(48)44(31(25)47)28-12-13-29(45)41-30(28)46/h5,8-11,14-16,19,21,28H,1,12-13,17-18H2,2-3H3,(H,40,49)(H,41,45,46). The van der Waals surface area contributed by atoms with Crippen LogP contribution in [0.15, 0.2) is 61.1 Å². The number of piperidine rings is 1. The number of anilines is 2. The van der Waals surface area contributed by atoms with Gasteiger partial charge in [0.25, 0.3) is 17.7 Å². The molecule has 1 atom stereocenters. The summed E-state index contributed by atoms with van der Waals surface area (Å²) in [5, 5.41) is 9.15. The number of hydrogen-bond donors (Lipinski definition) is 2. The summed E-state index contributed by atoms with van der Waals surface area (Å²) in [6.07, 6.45) is -0.0549. The maximum atomic E-state index is 13.3. The number of nitrogens with one attached hydrogen (secondary N) is 2. The number of alkyl halides is 3. The zero-order valence-corrected chi connectivity index (χ0v) is 26.4. The van der Waals surface area contributed by atoms with Crippen molar-refractivity contribution in [3.05, 3.63) is 88.9 Å². The molecule has 4 heterocycles. The molecule has 1 unspecified atom stereocenters. The summed E-state index contributed by atoms with van der Waals surface area (Å²) in [6.45, 7) is 7.76. The zero-order valence-electron chi connectivity index (χ0n) is 26.4. The highest BCUT2D eigenvalue weighted by Gasteiger charge is 2.45. The van der Waals surface area contributed by atoms with E-state index < -0.39 is 52.9 Å². The van der Waals surface area contributed by atoms with Gasteiger partial charge >= 0.3 is 6.18 Å². The molecule has 2 fully saturated rings. The van der Waals surface area contributed by atoms with Crippen LogP contribution in [0.25, 0.3) is 6.08 Å². The number of carbonyl (C=O) groups excluding carboxylic acids is 5. The summed E-state index contributed by atoms with van der Waals surface area (Å²) in [7, 11) is 0. The van der Waals surface area contributed by atoms with Crippen molar-refractivity contribution in [2.24, 2.45) is 5.92 Å². The number of amides is 5. The van der Waals surface area contributed by atoms with Crippen LogP contribution < -0.4 is 15.5 Å². The highest BCUT2D eigenvalue weighted by Crippen LogP contribution is 2.34. The quantitative estimate of drug-likeness (QED) is 0.231. The Morgan fingerprint density at radius 2 is 1.80 bits per heavy atom. The summed E-state index contributed by atoms with van der Waals surface area (Å²) in [6, 6.07) is 6.87. The summed E-state index contributed by atoms with van der Waals surface area (Å²) >= 11 is 0. The average Bonchev–Trinajstić information content (AvgIpc) is 3.60. The molecule has 250 valence electrons. The highest BCUT2D eigenvalue weighted by atomic mass is 19.4. The Kier molecular flexibility index (Phi) is 8.26. The molecular formula is C35H29F3N6O5. The molecule has 0 aliphatic carbocycles. The largest absolute Gasteiger partial charge is 0.416 e. The van der Waals surface area contributed by atoms with Crippen molar-refractivity contribution in [3.8, 4) is 11.8 Å². The van der Waals surface area contributed by atoms with E-state index in [4.69, 9.17) is 0 Å². The van der Waals surface area contributed by atoms with E-state index in [1.54, 1.807) is 38.2 Å². The Morgan fingerprint density at radius 1 is 1.06 bits per heavy atom. The molecule has 3 aliphatic rings. The topological polar surface area (TPSA) is 134 Å². The molecule has 11 nitrogen and oxygen atoms in total. The molecule has 6 rings (SSSR count). The van der Waals surface area contributed by atoms with Crippen molar-refractivity contribution >= 4 is 47.0 Å². The highest BCUT2D eigenvalue weighted by molar-refractivity contribution is 6.23. The Labute approximate surface area is 278 Å². The summed E-state index contributed by atoms with van der Waals surface area (Å²) in [5.41, 5.74) is 2.30. The predicted octanol–water partition coefficient (Wildman–Crippen LogP) is 3.96. The number of aromatic nitrogens is 2. The lowest BCUT2D eigenvalue weighted by Gasteiger charge is -2.38. The molecule has 2 aromatic carbocycles. The van der Waals surface area contributed by atoms with E-state index in [1.165, 1.54) is 23.0 Å². The van der Waals surface area contributed by atoms with E-state index in [1.807, 2.05) is 4.90 Å². The average molecular weight is 671 g/mol. The second-order valence-corrected chi connectivity index (χ2v) is 12.4. The number of halogens is 3. The molecule has 1 aromatic heterocycles. The van der Waals surface area contributed by atoms with Gasteiger partial charge in [-0.05, 0) is 62.7 Å². The van der Waals surface area contributed by atoms with Gasteiger partial charge in [0.2, 0.25) is 11.8 Å². The lowest BCUT2D eigenvalue weighted by molar-refractivity contribution is -0.138. The molecule has 0 radical (unpaired) electrons. The van der Waals surface area contributed by atoms with E-state index in [-0.39, 0.29) is 41.1 Å². The van der Waals surface area contributed by atoms with Gasteiger partial charge in [-0.3, -0.25) is 38.9 Å². The third-order valence-corrected chi connectivity index (χ3v) is 8.69. The van der Waals surface area contributed by atoms with Crippen LogP contribution in [0, 0.1) is 17.8 Å². The molecule has 2 saturated heterocycles. The Balaban J connectivity index is 1.08. The molecule has 14 heteroatoms. The van der Waals surface area contributed by atoms with Crippen molar-refractivity contribution in [1.82, 2.24) is 20.0 Å². The number of hydrogen-bond acceptors (Lipinski definition) is 7. The van der Waals surface area contributed by atoms with E-state index >= 15 is 0 Å². The number of carbonyl (C=O) groups is 5. The van der Waals surface area contributed by atoms with Crippen molar-refractivity contribution in [2.75, 3.05) is 23.3 Å². The molecule has 3 aromatic rings. The van der Waals surface area contributed by atoms with Crippen molar-refractivity contribution in [2.45, 2.75) is 44.4 Å². The fourth-order valence-electron chi connectivity index (χ4n) is 5.78.